The number of carboxylic acid groups (broad SMARTS) is 2. The molecule has 4 nitrogen and oxygen atoms in total. The van der Waals surface area contributed by atoms with E-state index in [9.17, 15) is 9.59 Å². The summed E-state index contributed by atoms with van der Waals surface area (Å²) in [7, 11) is 0. The largest absolute Gasteiger partial charge is 0.481 e. The van der Waals surface area contributed by atoms with Gasteiger partial charge in [-0.05, 0) is 19.3 Å². The van der Waals surface area contributed by atoms with E-state index in [0.717, 1.165) is 0 Å². The summed E-state index contributed by atoms with van der Waals surface area (Å²) in [6.45, 7) is 3.48. The van der Waals surface area contributed by atoms with E-state index in [-0.39, 0.29) is 6.42 Å². The maximum atomic E-state index is 10.7. The second-order valence-corrected chi connectivity index (χ2v) is 3.20. The van der Waals surface area contributed by atoms with Crippen LogP contribution in [0.3, 0.4) is 0 Å². The van der Waals surface area contributed by atoms with Gasteiger partial charge in [0.2, 0.25) is 0 Å². The van der Waals surface area contributed by atoms with Crippen LogP contribution < -0.4 is 0 Å². The number of unbranched alkanes of at least 4 members (excludes halogenated alkanes) is 1. The molecule has 0 aromatic carbocycles. The Bertz CT molecular complexity index is 210. The third-order valence-corrected chi connectivity index (χ3v) is 1.99. The van der Waals surface area contributed by atoms with Crippen molar-refractivity contribution in [2.24, 2.45) is 5.92 Å². The lowest BCUT2D eigenvalue weighted by Gasteiger charge is -2.08. The molecule has 2 N–H and O–H groups in total. The molecule has 0 aliphatic heterocycles. The topological polar surface area (TPSA) is 74.6 Å². The molecule has 0 saturated carbocycles. The Morgan fingerprint density at radius 3 is 2.36 bits per heavy atom. The van der Waals surface area contributed by atoms with E-state index in [0.29, 0.717) is 25.7 Å². The van der Waals surface area contributed by atoms with E-state index >= 15 is 0 Å². The lowest BCUT2D eigenvalue weighted by Crippen LogP contribution is -2.12. The molecule has 14 heavy (non-hydrogen) atoms. The molecule has 0 aromatic rings. The Morgan fingerprint density at radius 2 is 1.93 bits per heavy atom. The fourth-order valence-electron chi connectivity index (χ4n) is 1.21. The average Bonchev–Trinajstić information content (AvgIpc) is 2.09. The molecular formula is C10H16O4. The standard InChI is InChI=1S/C10H16O4/c1-2-5-8(10(13)14)6-3-4-7-9(11)12/h2,8H,1,3-7H2,(H,11,12)(H,13,14). The van der Waals surface area contributed by atoms with Gasteiger partial charge in [0.05, 0.1) is 5.92 Å². The minimum atomic E-state index is -0.833. The zero-order chi connectivity index (χ0) is 11.0. The van der Waals surface area contributed by atoms with Gasteiger partial charge in [-0.25, -0.2) is 0 Å². The van der Waals surface area contributed by atoms with Gasteiger partial charge in [-0.1, -0.05) is 12.5 Å². The maximum Gasteiger partial charge on any atom is 0.306 e. The highest BCUT2D eigenvalue weighted by molar-refractivity contribution is 5.70. The van der Waals surface area contributed by atoms with Gasteiger partial charge in [-0.3, -0.25) is 9.59 Å². The highest BCUT2D eigenvalue weighted by Gasteiger charge is 2.14. The van der Waals surface area contributed by atoms with Crippen molar-refractivity contribution in [3.8, 4) is 0 Å². The first kappa shape index (κ1) is 12.7. The van der Waals surface area contributed by atoms with Gasteiger partial charge in [0.1, 0.15) is 0 Å². The quantitative estimate of drug-likeness (QED) is 0.463. The molecule has 80 valence electrons. The summed E-state index contributed by atoms with van der Waals surface area (Å²) < 4.78 is 0. The third-order valence-electron chi connectivity index (χ3n) is 1.99. The van der Waals surface area contributed by atoms with Crippen LogP contribution in [0.5, 0.6) is 0 Å². The van der Waals surface area contributed by atoms with Crippen LogP contribution in [0.4, 0.5) is 0 Å². The monoisotopic (exact) mass is 200 g/mol. The molecule has 0 spiro atoms. The van der Waals surface area contributed by atoms with Gasteiger partial charge < -0.3 is 10.2 Å². The minimum absolute atomic E-state index is 0.112. The molecule has 0 bridgehead atoms. The van der Waals surface area contributed by atoms with E-state index in [2.05, 4.69) is 6.58 Å². The van der Waals surface area contributed by atoms with Gasteiger partial charge in [0.25, 0.3) is 0 Å². The molecular weight excluding hydrogens is 184 g/mol. The summed E-state index contributed by atoms with van der Waals surface area (Å²) in [6, 6.07) is 0. The summed E-state index contributed by atoms with van der Waals surface area (Å²) in [5.74, 6) is -2.08. The summed E-state index contributed by atoms with van der Waals surface area (Å²) >= 11 is 0. The minimum Gasteiger partial charge on any atom is -0.481 e. The lowest BCUT2D eigenvalue weighted by atomic mass is 9.98. The number of hydrogen-bond donors (Lipinski definition) is 2. The van der Waals surface area contributed by atoms with Gasteiger partial charge in [-0.2, -0.15) is 0 Å². The van der Waals surface area contributed by atoms with Gasteiger partial charge in [0.15, 0.2) is 0 Å². The average molecular weight is 200 g/mol. The Kier molecular flexibility index (Phi) is 6.45. The summed E-state index contributed by atoms with van der Waals surface area (Å²) in [6.07, 6.45) is 3.83. The van der Waals surface area contributed by atoms with E-state index in [1.807, 2.05) is 0 Å². The van der Waals surface area contributed by atoms with Gasteiger partial charge >= 0.3 is 11.9 Å². The van der Waals surface area contributed by atoms with Crippen molar-refractivity contribution in [3.63, 3.8) is 0 Å². The van der Waals surface area contributed by atoms with Crippen LogP contribution >= 0.6 is 0 Å². The van der Waals surface area contributed by atoms with Crippen LogP contribution in [0.1, 0.15) is 32.1 Å². The van der Waals surface area contributed by atoms with E-state index in [4.69, 9.17) is 10.2 Å². The Labute approximate surface area is 83.2 Å². The van der Waals surface area contributed by atoms with Crippen molar-refractivity contribution in [2.75, 3.05) is 0 Å². The highest BCUT2D eigenvalue weighted by atomic mass is 16.4. The van der Waals surface area contributed by atoms with Crippen LogP contribution in [0, 0.1) is 5.92 Å². The number of carbonyl (C=O) groups is 2. The molecule has 0 saturated heterocycles. The van der Waals surface area contributed by atoms with E-state index < -0.39 is 17.9 Å². The number of rotatable bonds is 8. The van der Waals surface area contributed by atoms with Crippen molar-refractivity contribution in [3.05, 3.63) is 12.7 Å². The van der Waals surface area contributed by atoms with Crippen LogP contribution in [0.2, 0.25) is 0 Å². The first-order valence-corrected chi connectivity index (χ1v) is 4.63. The summed E-state index contributed by atoms with van der Waals surface area (Å²) in [5, 5.41) is 17.1. The highest BCUT2D eigenvalue weighted by Crippen LogP contribution is 2.14. The fraction of sp³-hybridized carbons (Fsp3) is 0.600. The first-order valence-electron chi connectivity index (χ1n) is 4.63. The molecule has 0 heterocycles. The number of hydrogen-bond acceptors (Lipinski definition) is 2. The molecule has 0 radical (unpaired) electrons. The molecule has 4 heteroatoms. The van der Waals surface area contributed by atoms with Crippen molar-refractivity contribution < 1.29 is 19.8 Å². The maximum absolute atomic E-state index is 10.7. The number of allylic oxidation sites excluding steroid dienone is 1. The number of aliphatic carboxylic acids is 2. The second kappa shape index (κ2) is 7.12. The van der Waals surface area contributed by atoms with Crippen molar-refractivity contribution in [1.82, 2.24) is 0 Å². The van der Waals surface area contributed by atoms with Crippen molar-refractivity contribution in [2.45, 2.75) is 32.1 Å². The SMILES string of the molecule is C=CCC(CCCCC(=O)O)C(=O)O. The molecule has 0 rings (SSSR count). The van der Waals surface area contributed by atoms with Crippen LogP contribution in [-0.4, -0.2) is 22.2 Å². The number of carboxylic acids is 2. The second-order valence-electron chi connectivity index (χ2n) is 3.20. The Morgan fingerprint density at radius 1 is 1.29 bits per heavy atom. The van der Waals surface area contributed by atoms with Crippen LogP contribution in [-0.2, 0) is 9.59 Å². The first-order chi connectivity index (χ1) is 6.57. The molecule has 0 aliphatic carbocycles. The van der Waals surface area contributed by atoms with Crippen molar-refractivity contribution >= 4 is 11.9 Å². The summed E-state index contributed by atoms with van der Waals surface area (Å²) in [4.78, 5) is 20.8. The predicted molar refractivity (Wildman–Crippen MR) is 52.0 cm³/mol. The molecule has 0 fully saturated rings. The Hall–Kier alpha value is -1.32. The summed E-state index contributed by atoms with van der Waals surface area (Å²) in [5.41, 5.74) is 0. The molecule has 0 amide bonds. The zero-order valence-corrected chi connectivity index (χ0v) is 8.11. The fourth-order valence-corrected chi connectivity index (χ4v) is 1.21. The molecule has 0 aliphatic rings. The van der Waals surface area contributed by atoms with Crippen molar-refractivity contribution in [1.29, 1.82) is 0 Å². The normalized spacial score (nSPS) is 12.0. The lowest BCUT2D eigenvalue weighted by molar-refractivity contribution is -0.141. The van der Waals surface area contributed by atoms with Gasteiger partial charge in [0, 0.05) is 6.42 Å². The predicted octanol–water partition coefficient (Wildman–Crippen LogP) is 1.91. The van der Waals surface area contributed by atoms with Crippen LogP contribution in [0.15, 0.2) is 12.7 Å². The third kappa shape index (κ3) is 6.22. The molecule has 1 unspecified atom stereocenters. The Balaban J connectivity index is 3.66. The van der Waals surface area contributed by atoms with E-state index in [1.54, 1.807) is 6.08 Å². The molecule has 1 atom stereocenters. The van der Waals surface area contributed by atoms with E-state index in [1.165, 1.54) is 0 Å². The van der Waals surface area contributed by atoms with Gasteiger partial charge in [-0.15, -0.1) is 6.58 Å². The molecule has 0 aromatic heterocycles. The zero-order valence-electron chi connectivity index (χ0n) is 8.11. The van der Waals surface area contributed by atoms with Crippen LogP contribution in [0.25, 0.3) is 0 Å². The smallest absolute Gasteiger partial charge is 0.306 e.